The Labute approximate surface area is 91.4 Å². The van der Waals surface area contributed by atoms with Gasteiger partial charge in [-0.1, -0.05) is 11.6 Å². The van der Waals surface area contributed by atoms with Crippen molar-refractivity contribution in [3.63, 3.8) is 0 Å². The van der Waals surface area contributed by atoms with Gasteiger partial charge in [0.15, 0.2) is 0 Å². The highest BCUT2D eigenvalue weighted by Gasteiger charge is 2.14. The largest absolute Gasteiger partial charge is 0.345 e. The summed E-state index contributed by atoms with van der Waals surface area (Å²) in [7, 11) is 3.13. The van der Waals surface area contributed by atoms with Crippen molar-refractivity contribution in [2.75, 3.05) is 14.1 Å². The number of carbonyl (C=O) groups excluding carboxylic acids is 1. The number of nitro groups is 1. The van der Waals surface area contributed by atoms with E-state index in [4.69, 9.17) is 11.6 Å². The Bertz CT molecular complexity index is 418. The molecular weight excluding hydrogens is 220 g/mol. The molecular formula is C9H9ClN2O3. The molecule has 0 N–H and O–H groups in total. The number of non-ortho nitro benzene ring substituents is 1. The maximum atomic E-state index is 11.5. The van der Waals surface area contributed by atoms with Gasteiger partial charge in [-0.05, 0) is 6.07 Å². The van der Waals surface area contributed by atoms with Crippen LogP contribution in [0.2, 0.25) is 5.02 Å². The molecule has 0 aliphatic carbocycles. The fraction of sp³-hybridized carbons (Fsp3) is 0.222. The predicted molar refractivity (Wildman–Crippen MR) is 56.1 cm³/mol. The zero-order valence-corrected chi connectivity index (χ0v) is 8.99. The van der Waals surface area contributed by atoms with Crippen LogP contribution in [0, 0.1) is 10.1 Å². The lowest BCUT2D eigenvalue weighted by atomic mass is 10.2. The lowest BCUT2D eigenvalue weighted by Crippen LogP contribution is -2.21. The van der Waals surface area contributed by atoms with Gasteiger partial charge in [0, 0.05) is 36.8 Å². The first-order chi connectivity index (χ1) is 6.91. The zero-order chi connectivity index (χ0) is 11.6. The van der Waals surface area contributed by atoms with E-state index in [-0.39, 0.29) is 22.2 Å². The van der Waals surface area contributed by atoms with E-state index in [1.807, 2.05) is 0 Å². The summed E-state index contributed by atoms with van der Waals surface area (Å²) < 4.78 is 0. The molecule has 0 fully saturated rings. The minimum atomic E-state index is -0.585. The van der Waals surface area contributed by atoms with E-state index >= 15 is 0 Å². The highest BCUT2D eigenvalue weighted by Crippen LogP contribution is 2.21. The van der Waals surface area contributed by atoms with Crippen molar-refractivity contribution in [2.45, 2.75) is 0 Å². The fourth-order valence-electron chi connectivity index (χ4n) is 1.06. The average Bonchev–Trinajstić information content (AvgIpc) is 2.15. The van der Waals surface area contributed by atoms with Crippen LogP contribution in [-0.4, -0.2) is 29.8 Å². The Morgan fingerprint density at radius 1 is 1.40 bits per heavy atom. The highest BCUT2D eigenvalue weighted by molar-refractivity contribution is 6.31. The lowest BCUT2D eigenvalue weighted by molar-refractivity contribution is -0.384. The molecule has 5 nitrogen and oxygen atoms in total. The van der Waals surface area contributed by atoms with Gasteiger partial charge in [-0.25, -0.2) is 0 Å². The van der Waals surface area contributed by atoms with E-state index in [1.165, 1.54) is 23.1 Å². The monoisotopic (exact) mass is 228 g/mol. The van der Waals surface area contributed by atoms with Crippen molar-refractivity contribution in [2.24, 2.45) is 0 Å². The van der Waals surface area contributed by atoms with Crippen molar-refractivity contribution < 1.29 is 9.72 Å². The predicted octanol–water partition coefficient (Wildman–Crippen LogP) is 1.95. The Kier molecular flexibility index (Phi) is 3.26. The first-order valence-electron chi connectivity index (χ1n) is 4.08. The summed E-state index contributed by atoms with van der Waals surface area (Å²) in [4.78, 5) is 22.8. The molecule has 0 saturated heterocycles. The van der Waals surface area contributed by atoms with Gasteiger partial charge in [0.05, 0.1) is 4.92 Å². The van der Waals surface area contributed by atoms with Crippen LogP contribution in [0.25, 0.3) is 0 Å². The summed E-state index contributed by atoms with van der Waals surface area (Å²) >= 11 is 5.67. The number of nitrogens with zero attached hydrogens (tertiary/aromatic N) is 2. The molecule has 0 aliphatic rings. The van der Waals surface area contributed by atoms with Crippen LogP contribution in [0.4, 0.5) is 5.69 Å². The van der Waals surface area contributed by atoms with Crippen LogP contribution in [0.5, 0.6) is 0 Å². The second-order valence-corrected chi connectivity index (χ2v) is 3.59. The Morgan fingerprint density at radius 2 is 2.00 bits per heavy atom. The molecule has 6 heteroatoms. The van der Waals surface area contributed by atoms with Crippen molar-refractivity contribution >= 4 is 23.2 Å². The lowest BCUT2D eigenvalue weighted by Gasteiger charge is -2.09. The number of benzene rings is 1. The molecule has 0 spiro atoms. The quantitative estimate of drug-likeness (QED) is 0.574. The Hall–Kier alpha value is -1.62. The van der Waals surface area contributed by atoms with Gasteiger partial charge in [-0.3, -0.25) is 14.9 Å². The minimum Gasteiger partial charge on any atom is -0.345 e. The van der Waals surface area contributed by atoms with Gasteiger partial charge in [0.1, 0.15) is 0 Å². The first kappa shape index (κ1) is 11.5. The van der Waals surface area contributed by atoms with Gasteiger partial charge < -0.3 is 4.90 Å². The third kappa shape index (κ3) is 2.66. The van der Waals surface area contributed by atoms with Crippen LogP contribution in [0.1, 0.15) is 10.4 Å². The van der Waals surface area contributed by atoms with E-state index in [9.17, 15) is 14.9 Å². The standard InChI is InChI=1S/C9H9ClN2O3/c1-11(2)9(13)6-3-7(10)5-8(4-6)12(14)15/h3-5H,1-2H3. The Balaban J connectivity index is 3.20. The molecule has 0 atom stereocenters. The molecule has 0 heterocycles. The topological polar surface area (TPSA) is 63.5 Å². The molecule has 0 unspecified atom stereocenters. The summed E-state index contributed by atoms with van der Waals surface area (Å²) in [6.45, 7) is 0. The molecule has 15 heavy (non-hydrogen) atoms. The summed E-state index contributed by atoms with van der Waals surface area (Å²) in [6, 6.07) is 3.80. The van der Waals surface area contributed by atoms with E-state index < -0.39 is 4.92 Å². The van der Waals surface area contributed by atoms with Crippen LogP contribution >= 0.6 is 11.6 Å². The van der Waals surface area contributed by atoms with Gasteiger partial charge in [-0.2, -0.15) is 0 Å². The van der Waals surface area contributed by atoms with Gasteiger partial charge in [-0.15, -0.1) is 0 Å². The SMILES string of the molecule is CN(C)C(=O)c1cc(Cl)cc([N+](=O)[O-])c1. The average molecular weight is 229 g/mol. The number of hydrogen-bond donors (Lipinski definition) is 0. The van der Waals surface area contributed by atoms with E-state index in [2.05, 4.69) is 0 Å². The van der Waals surface area contributed by atoms with Crippen molar-refractivity contribution in [1.29, 1.82) is 0 Å². The summed E-state index contributed by atoms with van der Waals surface area (Å²) in [5.74, 6) is -0.319. The maximum Gasteiger partial charge on any atom is 0.271 e. The molecule has 1 rings (SSSR count). The highest BCUT2D eigenvalue weighted by atomic mass is 35.5. The number of halogens is 1. The van der Waals surface area contributed by atoms with Gasteiger partial charge >= 0.3 is 0 Å². The molecule has 1 aromatic carbocycles. The van der Waals surface area contributed by atoms with Crippen LogP contribution in [-0.2, 0) is 0 Å². The van der Waals surface area contributed by atoms with Crippen molar-refractivity contribution in [3.8, 4) is 0 Å². The third-order valence-electron chi connectivity index (χ3n) is 1.75. The molecule has 0 bridgehead atoms. The molecule has 0 aromatic heterocycles. The van der Waals surface area contributed by atoms with Crippen molar-refractivity contribution in [1.82, 2.24) is 4.90 Å². The molecule has 1 aromatic rings. The first-order valence-corrected chi connectivity index (χ1v) is 4.46. The molecule has 0 saturated carbocycles. The second kappa shape index (κ2) is 4.27. The minimum absolute atomic E-state index is 0.175. The van der Waals surface area contributed by atoms with Gasteiger partial charge in [0.2, 0.25) is 0 Å². The second-order valence-electron chi connectivity index (χ2n) is 3.15. The van der Waals surface area contributed by atoms with E-state index in [0.717, 1.165) is 0 Å². The normalized spacial score (nSPS) is 9.80. The molecule has 80 valence electrons. The zero-order valence-electron chi connectivity index (χ0n) is 8.23. The van der Waals surface area contributed by atoms with Crippen LogP contribution in [0.3, 0.4) is 0 Å². The van der Waals surface area contributed by atoms with Crippen molar-refractivity contribution in [3.05, 3.63) is 38.9 Å². The third-order valence-corrected chi connectivity index (χ3v) is 1.96. The Morgan fingerprint density at radius 3 is 2.47 bits per heavy atom. The molecule has 0 aliphatic heterocycles. The smallest absolute Gasteiger partial charge is 0.271 e. The summed E-state index contributed by atoms with van der Waals surface area (Å²) in [5, 5.41) is 10.7. The molecule has 0 radical (unpaired) electrons. The summed E-state index contributed by atoms with van der Waals surface area (Å²) in [6.07, 6.45) is 0. The van der Waals surface area contributed by atoms with Crippen LogP contribution in [0.15, 0.2) is 18.2 Å². The van der Waals surface area contributed by atoms with E-state index in [1.54, 1.807) is 14.1 Å². The number of rotatable bonds is 2. The number of hydrogen-bond acceptors (Lipinski definition) is 3. The summed E-state index contributed by atoms with van der Waals surface area (Å²) in [5.41, 5.74) is 0.0203. The number of carbonyl (C=O) groups is 1. The number of nitro benzene ring substituents is 1. The van der Waals surface area contributed by atoms with Crippen LogP contribution < -0.4 is 0 Å². The molecule has 1 amide bonds. The fourth-order valence-corrected chi connectivity index (χ4v) is 1.29. The van der Waals surface area contributed by atoms with E-state index in [0.29, 0.717) is 0 Å². The van der Waals surface area contributed by atoms with Gasteiger partial charge in [0.25, 0.3) is 11.6 Å². The maximum absolute atomic E-state index is 11.5. The number of amides is 1.